The molecule has 0 radical (unpaired) electrons. The van der Waals surface area contributed by atoms with Gasteiger partial charge < -0.3 is 0 Å². The molecule has 0 bridgehead atoms. The maximum Gasteiger partial charge on any atom is 0.261 e. The molecule has 0 aliphatic carbocycles. The lowest BCUT2D eigenvalue weighted by atomic mass is 10.2. The maximum atomic E-state index is 11.8. The number of nitrogens with one attached hydrogen (secondary N) is 2. The predicted molar refractivity (Wildman–Crippen MR) is 57.0 cm³/mol. The van der Waals surface area contributed by atoms with Crippen LogP contribution in [0.1, 0.15) is 21.9 Å². The van der Waals surface area contributed by atoms with Crippen molar-refractivity contribution in [1.82, 2.24) is 25.0 Å². The van der Waals surface area contributed by atoms with Gasteiger partial charge in [-0.25, -0.2) is 0 Å². The molecule has 84 valence electrons. The fraction of sp³-hybridized carbons (Fsp3) is 0.333. The summed E-state index contributed by atoms with van der Waals surface area (Å²) >= 11 is 0. The zero-order valence-electron chi connectivity index (χ0n) is 9.27. The molecule has 0 aliphatic heterocycles. The highest BCUT2D eigenvalue weighted by molar-refractivity contribution is 6.03. The van der Waals surface area contributed by atoms with E-state index in [-0.39, 0.29) is 11.9 Å². The van der Waals surface area contributed by atoms with Gasteiger partial charge in [0.15, 0.2) is 0 Å². The highest BCUT2D eigenvalue weighted by Crippen LogP contribution is 2.08. The Bertz CT molecular complexity index is 526. The number of hydrogen-bond donors (Lipinski definition) is 2. The first-order chi connectivity index (χ1) is 7.58. The molecule has 16 heavy (non-hydrogen) atoms. The van der Waals surface area contributed by atoms with Crippen molar-refractivity contribution in [1.29, 1.82) is 0 Å². The van der Waals surface area contributed by atoms with Crippen LogP contribution in [0.15, 0.2) is 6.20 Å². The Morgan fingerprint density at radius 2 is 2.25 bits per heavy atom. The molecule has 0 fully saturated rings. The summed E-state index contributed by atoms with van der Waals surface area (Å²) in [4.78, 5) is 15.8. The number of H-pyrrole nitrogens is 1. The Kier molecular flexibility index (Phi) is 2.43. The minimum Gasteiger partial charge on any atom is -0.289 e. The van der Waals surface area contributed by atoms with Crippen LogP contribution in [0.4, 0.5) is 5.95 Å². The van der Waals surface area contributed by atoms with E-state index in [0.717, 1.165) is 5.69 Å². The number of aromatic amines is 1. The zero-order chi connectivity index (χ0) is 11.7. The van der Waals surface area contributed by atoms with Crippen LogP contribution in [0.3, 0.4) is 0 Å². The van der Waals surface area contributed by atoms with Crippen LogP contribution in [-0.4, -0.2) is 30.9 Å². The number of aromatic nitrogens is 5. The first-order valence-corrected chi connectivity index (χ1v) is 4.77. The standard InChI is InChI=1S/C9H12N6O/c1-5-7(4-10-15(5)3)8(16)12-9-11-6(2)13-14-9/h4H,1-3H3,(H2,11,12,13,14,16). The lowest BCUT2D eigenvalue weighted by Gasteiger charge is -1.99. The molecule has 0 aliphatic rings. The Hall–Kier alpha value is -2.18. The smallest absolute Gasteiger partial charge is 0.261 e. The molecular formula is C9H12N6O. The summed E-state index contributed by atoms with van der Waals surface area (Å²) in [5.41, 5.74) is 1.31. The summed E-state index contributed by atoms with van der Waals surface area (Å²) < 4.78 is 1.64. The first-order valence-electron chi connectivity index (χ1n) is 4.77. The van der Waals surface area contributed by atoms with Crippen LogP contribution in [-0.2, 0) is 7.05 Å². The second-order valence-corrected chi connectivity index (χ2v) is 3.47. The highest BCUT2D eigenvalue weighted by atomic mass is 16.1. The number of aryl methyl sites for hydroxylation is 2. The van der Waals surface area contributed by atoms with Crippen LogP contribution in [0.25, 0.3) is 0 Å². The largest absolute Gasteiger partial charge is 0.289 e. The molecule has 0 unspecified atom stereocenters. The molecule has 2 rings (SSSR count). The summed E-state index contributed by atoms with van der Waals surface area (Å²) in [5, 5.41) is 13.0. The van der Waals surface area contributed by atoms with Gasteiger partial charge in [-0.3, -0.25) is 19.9 Å². The number of rotatable bonds is 2. The number of anilines is 1. The fourth-order valence-corrected chi connectivity index (χ4v) is 1.29. The van der Waals surface area contributed by atoms with Gasteiger partial charge in [-0.15, -0.1) is 5.10 Å². The van der Waals surface area contributed by atoms with Crippen LogP contribution in [0.5, 0.6) is 0 Å². The lowest BCUT2D eigenvalue weighted by Crippen LogP contribution is -2.14. The van der Waals surface area contributed by atoms with Crippen LogP contribution >= 0.6 is 0 Å². The fourth-order valence-electron chi connectivity index (χ4n) is 1.29. The summed E-state index contributed by atoms with van der Waals surface area (Å²) in [6, 6.07) is 0. The molecule has 2 heterocycles. The Balaban J connectivity index is 2.18. The van der Waals surface area contributed by atoms with E-state index in [1.54, 1.807) is 18.7 Å². The van der Waals surface area contributed by atoms with Crippen molar-refractivity contribution >= 4 is 11.9 Å². The SMILES string of the molecule is Cc1nc(NC(=O)c2cnn(C)c2C)n[nH]1. The normalized spacial score (nSPS) is 10.4. The minimum atomic E-state index is -0.260. The van der Waals surface area contributed by atoms with Gasteiger partial charge >= 0.3 is 0 Å². The van der Waals surface area contributed by atoms with Gasteiger partial charge in [0.2, 0.25) is 5.95 Å². The number of nitrogens with zero attached hydrogens (tertiary/aromatic N) is 4. The van der Waals surface area contributed by atoms with Crippen molar-refractivity contribution in [2.24, 2.45) is 7.05 Å². The molecular weight excluding hydrogens is 208 g/mol. The molecule has 7 heteroatoms. The lowest BCUT2D eigenvalue weighted by molar-refractivity contribution is 0.102. The molecule has 2 N–H and O–H groups in total. The third-order valence-corrected chi connectivity index (χ3v) is 2.30. The second kappa shape index (κ2) is 3.76. The number of amides is 1. The van der Waals surface area contributed by atoms with Crippen molar-refractivity contribution in [2.75, 3.05) is 5.32 Å². The average molecular weight is 220 g/mol. The van der Waals surface area contributed by atoms with Gasteiger partial charge in [0.05, 0.1) is 11.8 Å². The van der Waals surface area contributed by atoms with Crippen molar-refractivity contribution in [3.8, 4) is 0 Å². The van der Waals surface area contributed by atoms with E-state index >= 15 is 0 Å². The summed E-state index contributed by atoms with van der Waals surface area (Å²) in [6.07, 6.45) is 1.52. The molecule has 2 aromatic heterocycles. The van der Waals surface area contributed by atoms with Gasteiger partial charge in [-0.1, -0.05) is 0 Å². The van der Waals surface area contributed by atoms with Crippen molar-refractivity contribution in [3.63, 3.8) is 0 Å². The number of carbonyl (C=O) groups excluding carboxylic acids is 1. The topological polar surface area (TPSA) is 88.5 Å². The van der Waals surface area contributed by atoms with Gasteiger partial charge in [0.1, 0.15) is 5.82 Å². The van der Waals surface area contributed by atoms with E-state index in [1.807, 2.05) is 6.92 Å². The zero-order valence-corrected chi connectivity index (χ0v) is 9.27. The van der Waals surface area contributed by atoms with Crippen LogP contribution in [0, 0.1) is 13.8 Å². The minimum absolute atomic E-state index is 0.260. The summed E-state index contributed by atoms with van der Waals surface area (Å²) in [5.74, 6) is 0.661. The van der Waals surface area contributed by atoms with Crippen LogP contribution < -0.4 is 5.32 Å². The number of hydrogen-bond acceptors (Lipinski definition) is 4. The molecule has 2 aromatic rings. The van der Waals surface area contributed by atoms with Crippen LogP contribution in [0.2, 0.25) is 0 Å². The average Bonchev–Trinajstić information content (AvgIpc) is 2.76. The van der Waals surface area contributed by atoms with E-state index < -0.39 is 0 Å². The van der Waals surface area contributed by atoms with E-state index in [4.69, 9.17) is 0 Å². The van der Waals surface area contributed by atoms with E-state index in [2.05, 4.69) is 25.6 Å². The van der Waals surface area contributed by atoms with E-state index in [1.165, 1.54) is 6.20 Å². The van der Waals surface area contributed by atoms with E-state index in [0.29, 0.717) is 11.4 Å². The molecule has 7 nitrogen and oxygen atoms in total. The molecule has 0 spiro atoms. The molecule has 1 amide bonds. The Morgan fingerprint density at radius 1 is 1.50 bits per heavy atom. The molecule has 0 saturated carbocycles. The third kappa shape index (κ3) is 1.79. The highest BCUT2D eigenvalue weighted by Gasteiger charge is 2.14. The monoisotopic (exact) mass is 220 g/mol. The van der Waals surface area contributed by atoms with Gasteiger partial charge in [0.25, 0.3) is 5.91 Å². The molecule has 0 aromatic carbocycles. The Labute approximate surface area is 91.9 Å². The summed E-state index contributed by atoms with van der Waals surface area (Å²) in [7, 11) is 1.78. The molecule has 0 atom stereocenters. The second-order valence-electron chi connectivity index (χ2n) is 3.47. The summed E-state index contributed by atoms with van der Waals surface area (Å²) in [6.45, 7) is 3.59. The van der Waals surface area contributed by atoms with E-state index in [9.17, 15) is 4.79 Å². The number of carbonyl (C=O) groups is 1. The van der Waals surface area contributed by atoms with Gasteiger partial charge in [-0.05, 0) is 13.8 Å². The van der Waals surface area contributed by atoms with Crippen molar-refractivity contribution in [2.45, 2.75) is 13.8 Å². The van der Waals surface area contributed by atoms with Crippen molar-refractivity contribution < 1.29 is 4.79 Å². The van der Waals surface area contributed by atoms with Gasteiger partial charge in [-0.2, -0.15) is 10.1 Å². The van der Waals surface area contributed by atoms with Crippen molar-refractivity contribution in [3.05, 3.63) is 23.3 Å². The maximum absolute atomic E-state index is 11.8. The Morgan fingerprint density at radius 3 is 2.75 bits per heavy atom. The van der Waals surface area contributed by atoms with Gasteiger partial charge in [0, 0.05) is 12.7 Å². The third-order valence-electron chi connectivity index (χ3n) is 2.30. The first kappa shape index (κ1) is 10.3. The predicted octanol–water partition coefficient (Wildman–Crippen LogP) is 0.407. The quantitative estimate of drug-likeness (QED) is 0.767. The molecule has 0 saturated heterocycles.